The SMILES string of the molecule is Cc1nc2nc(C)c(O[C@@H]3CCN(c4ccc(-c5cnc(CN6CCOCC6)cn5)cc4)C3)c(C)n2n1. The van der Waals surface area contributed by atoms with Crippen molar-refractivity contribution in [3.8, 4) is 17.0 Å². The number of aromatic nitrogens is 6. The average Bonchev–Trinajstić information content (AvgIpc) is 3.54. The predicted molar refractivity (Wildman–Crippen MR) is 140 cm³/mol. The summed E-state index contributed by atoms with van der Waals surface area (Å²) >= 11 is 0. The minimum absolute atomic E-state index is 0.0887. The Labute approximate surface area is 216 Å². The van der Waals surface area contributed by atoms with Crippen LogP contribution >= 0.6 is 0 Å². The first-order valence-electron chi connectivity index (χ1n) is 12.9. The van der Waals surface area contributed by atoms with Crippen LogP contribution in [0.2, 0.25) is 0 Å². The van der Waals surface area contributed by atoms with Gasteiger partial charge in [0.2, 0.25) is 0 Å². The molecular formula is C27H32N8O2. The summed E-state index contributed by atoms with van der Waals surface area (Å²) in [6.07, 6.45) is 4.80. The van der Waals surface area contributed by atoms with Crippen LogP contribution in [-0.4, -0.2) is 79.9 Å². The molecule has 10 heteroatoms. The number of hydrogen-bond donors (Lipinski definition) is 0. The van der Waals surface area contributed by atoms with Crippen LogP contribution < -0.4 is 9.64 Å². The monoisotopic (exact) mass is 500 g/mol. The normalized spacial score (nSPS) is 18.6. The topological polar surface area (TPSA) is 93.8 Å². The van der Waals surface area contributed by atoms with Crippen molar-refractivity contribution in [3.63, 3.8) is 0 Å². The number of fused-ring (bicyclic) bond motifs is 1. The summed E-state index contributed by atoms with van der Waals surface area (Å²) in [7, 11) is 0. The molecule has 10 nitrogen and oxygen atoms in total. The van der Waals surface area contributed by atoms with Gasteiger partial charge in [-0.25, -0.2) is 4.98 Å². The molecule has 2 aliphatic heterocycles. The Bertz CT molecular complexity index is 1380. The van der Waals surface area contributed by atoms with Gasteiger partial charge in [-0.05, 0) is 32.9 Å². The van der Waals surface area contributed by atoms with Crippen molar-refractivity contribution in [2.45, 2.75) is 39.8 Å². The molecule has 2 aliphatic rings. The van der Waals surface area contributed by atoms with E-state index in [0.717, 1.165) is 86.4 Å². The van der Waals surface area contributed by atoms with Crippen molar-refractivity contribution >= 4 is 11.5 Å². The molecule has 0 amide bonds. The summed E-state index contributed by atoms with van der Waals surface area (Å²) < 4.78 is 13.6. The number of morpholine rings is 1. The van der Waals surface area contributed by atoms with Crippen molar-refractivity contribution in [1.82, 2.24) is 34.4 Å². The number of hydrogen-bond acceptors (Lipinski definition) is 9. The van der Waals surface area contributed by atoms with Crippen molar-refractivity contribution < 1.29 is 9.47 Å². The summed E-state index contributed by atoms with van der Waals surface area (Å²) in [4.78, 5) is 23.0. The van der Waals surface area contributed by atoms with Crippen molar-refractivity contribution in [1.29, 1.82) is 0 Å². The van der Waals surface area contributed by atoms with Crippen molar-refractivity contribution in [2.24, 2.45) is 0 Å². The van der Waals surface area contributed by atoms with E-state index in [1.807, 2.05) is 33.2 Å². The lowest BCUT2D eigenvalue weighted by Crippen LogP contribution is -2.35. The molecule has 6 rings (SSSR count). The smallest absolute Gasteiger partial charge is 0.253 e. The molecule has 3 aromatic heterocycles. The molecule has 0 bridgehead atoms. The molecule has 2 fully saturated rings. The number of ether oxygens (including phenoxy) is 2. The maximum atomic E-state index is 6.44. The van der Waals surface area contributed by atoms with Crippen LogP contribution in [0.25, 0.3) is 17.0 Å². The van der Waals surface area contributed by atoms with Crippen LogP contribution in [-0.2, 0) is 11.3 Å². The molecule has 0 unspecified atom stereocenters. The van der Waals surface area contributed by atoms with Gasteiger partial charge in [-0.3, -0.25) is 14.9 Å². The fourth-order valence-electron chi connectivity index (χ4n) is 5.07. The summed E-state index contributed by atoms with van der Waals surface area (Å²) in [6, 6.07) is 8.55. The summed E-state index contributed by atoms with van der Waals surface area (Å²) in [6.45, 7) is 11.9. The lowest BCUT2D eigenvalue weighted by molar-refractivity contribution is 0.0336. The van der Waals surface area contributed by atoms with Gasteiger partial charge in [0, 0.05) is 43.9 Å². The Morgan fingerprint density at radius 2 is 1.78 bits per heavy atom. The highest BCUT2D eigenvalue weighted by Gasteiger charge is 2.26. The Kier molecular flexibility index (Phi) is 6.43. The van der Waals surface area contributed by atoms with E-state index in [-0.39, 0.29) is 6.10 Å². The highest BCUT2D eigenvalue weighted by Crippen LogP contribution is 2.29. The number of aryl methyl sites for hydroxylation is 3. The molecule has 1 aromatic carbocycles. The van der Waals surface area contributed by atoms with Crippen LogP contribution in [0.4, 0.5) is 5.69 Å². The number of anilines is 1. The van der Waals surface area contributed by atoms with Gasteiger partial charge in [0.05, 0.1) is 54.9 Å². The number of benzene rings is 1. The van der Waals surface area contributed by atoms with Crippen LogP contribution in [0.15, 0.2) is 36.7 Å². The lowest BCUT2D eigenvalue weighted by Gasteiger charge is -2.25. The van der Waals surface area contributed by atoms with Gasteiger partial charge in [0.1, 0.15) is 11.9 Å². The third-order valence-electron chi connectivity index (χ3n) is 7.09. The zero-order valence-corrected chi connectivity index (χ0v) is 21.6. The zero-order valence-electron chi connectivity index (χ0n) is 21.6. The number of nitrogens with zero attached hydrogens (tertiary/aromatic N) is 8. The minimum atomic E-state index is 0.0887. The molecule has 192 valence electrons. The maximum absolute atomic E-state index is 6.44. The first-order chi connectivity index (χ1) is 18.0. The molecule has 4 aromatic rings. The molecule has 5 heterocycles. The van der Waals surface area contributed by atoms with Gasteiger partial charge < -0.3 is 14.4 Å². The third kappa shape index (κ3) is 4.99. The Morgan fingerprint density at radius 3 is 2.54 bits per heavy atom. The Morgan fingerprint density at radius 1 is 0.973 bits per heavy atom. The van der Waals surface area contributed by atoms with Crippen LogP contribution in [0.5, 0.6) is 5.75 Å². The van der Waals surface area contributed by atoms with Gasteiger partial charge in [-0.1, -0.05) is 12.1 Å². The molecule has 0 N–H and O–H groups in total. The van der Waals surface area contributed by atoms with Gasteiger partial charge in [-0.2, -0.15) is 9.50 Å². The first kappa shape index (κ1) is 23.7. The van der Waals surface area contributed by atoms with E-state index in [4.69, 9.17) is 9.47 Å². The van der Waals surface area contributed by atoms with Gasteiger partial charge in [0.25, 0.3) is 5.78 Å². The van der Waals surface area contributed by atoms with E-state index < -0.39 is 0 Å². The third-order valence-corrected chi connectivity index (χ3v) is 7.09. The van der Waals surface area contributed by atoms with E-state index in [1.165, 1.54) is 5.69 Å². The predicted octanol–water partition coefficient (Wildman–Crippen LogP) is 3.00. The van der Waals surface area contributed by atoms with E-state index in [2.05, 4.69) is 59.1 Å². The maximum Gasteiger partial charge on any atom is 0.253 e. The van der Waals surface area contributed by atoms with E-state index in [9.17, 15) is 0 Å². The molecule has 0 radical (unpaired) electrons. The standard InChI is InChI=1S/C27H32N8O2/c1-18-26(19(2)35-27(30-18)31-20(3)32-35)37-24-8-9-34(17-24)23-6-4-21(5-7-23)25-15-28-22(14-29-25)16-33-10-12-36-13-11-33/h4-7,14-15,24H,8-13,16-17H2,1-3H3/t24-/m1/s1. The molecular weight excluding hydrogens is 468 g/mol. The van der Waals surface area contributed by atoms with Gasteiger partial charge in [-0.15, -0.1) is 5.10 Å². The Balaban J connectivity index is 1.09. The summed E-state index contributed by atoms with van der Waals surface area (Å²) in [5, 5.41) is 4.45. The molecule has 0 saturated carbocycles. The molecule has 0 aliphatic carbocycles. The second-order valence-corrected chi connectivity index (χ2v) is 9.79. The fourth-order valence-corrected chi connectivity index (χ4v) is 5.07. The number of rotatable bonds is 6. The van der Waals surface area contributed by atoms with Crippen LogP contribution in [0, 0.1) is 20.8 Å². The minimum Gasteiger partial charge on any atom is -0.485 e. The van der Waals surface area contributed by atoms with Crippen molar-refractivity contribution in [3.05, 3.63) is 59.6 Å². The highest BCUT2D eigenvalue weighted by molar-refractivity contribution is 5.62. The Hall–Kier alpha value is -3.63. The molecule has 1 atom stereocenters. The summed E-state index contributed by atoms with van der Waals surface area (Å²) in [5.41, 5.74) is 5.90. The van der Waals surface area contributed by atoms with E-state index in [0.29, 0.717) is 11.6 Å². The van der Waals surface area contributed by atoms with E-state index >= 15 is 0 Å². The molecule has 2 saturated heterocycles. The van der Waals surface area contributed by atoms with Crippen LogP contribution in [0.3, 0.4) is 0 Å². The van der Waals surface area contributed by atoms with Crippen molar-refractivity contribution in [2.75, 3.05) is 44.3 Å². The van der Waals surface area contributed by atoms with Crippen LogP contribution in [0.1, 0.15) is 29.3 Å². The zero-order chi connectivity index (χ0) is 25.4. The summed E-state index contributed by atoms with van der Waals surface area (Å²) in [5.74, 6) is 2.12. The first-order valence-corrected chi connectivity index (χ1v) is 12.9. The second kappa shape index (κ2) is 10.0. The molecule has 37 heavy (non-hydrogen) atoms. The lowest BCUT2D eigenvalue weighted by atomic mass is 10.1. The quantitative estimate of drug-likeness (QED) is 0.396. The molecule has 0 spiro atoms. The largest absolute Gasteiger partial charge is 0.485 e. The highest BCUT2D eigenvalue weighted by atomic mass is 16.5. The van der Waals surface area contributed by atoms with Gasteiger partial charge >= 0.3 is 0 Å². The fraction of sp³-hybridized carbons (Fsp3) is 0.444. The van der Waals surface area contributed by atoms with Gasteiger partial charge in [0.15, 0.2) is 5.75 Å². The van der Waals surface area contributed by atoms with E-state index in [1.54, 1.807) is 4.52 Å². The second-order valence-electron chi connectivity index (χ2n) is 9.79. The average molecular weight is 501 g/mol.